The summed E-state index contributed by atoms with van der Waals surface area (Å²) in [6, 6.07) is 8.79. The van der Waals surface area contributed by atoms with E-state index >= 15 is 0 Å². The number of rotatable bonds is 6. The van der Waals surface area contributed by atoms with Gasteiger partial charge >= 0.3 is 0 Å². The second-order valence-corrected chi connectivity index (χ2v) is 5.54. The van der Waals surface area contributed by atoms with Crippen molar-refractivity contribution in [1.82, 2.24) is 5.32 Å². The fraction of sp³-hybridized carbons (Fsp3) is 0.600. The van der Waals surface area contributed by atoms with Gasteiger partial charge in [-0.05, 0) is 43.7 Å². The first kappa shape index (κ1) is 12.6. The van der Waals surface area contributed by atoms with Gasteiger partial charge in [0.2, 0.25) is 0 Å². The second-order valence-electron chi connectivity index (χ2n) is 5.54. The van der Waals surface area contributed by atoms with Crippen LogP contribution in [0.5, 0.6) is 0 Å². The van der Waals surface area contributed by atoms with Gasteiger partial charge in [-0.1, -0.05) is 24.3 Å². The zero-order valence-corrected chi connectivity index (χ0v) is 11.1. The van der Waals surface area contributed by atoms with Crippen molar-refractivity contribution in [2.75, 3.05) is 13.7 Å². The van der Waals surface area contributed by atoms with Crippen molar-refractivity contribution < 1.29 is 4.74 Å². The van der Waals surface area contributed by atoms with Crippen LogP contribution in [0.3, 0.4) is 0 Å². The second kappa shape index (κ2) is 5.19. The minimum atomic E-state index is -0.0888. The molecule has 0 radical (unpaired) electrons. The van der Waals surface area contributed by atoms with E-state index in [1.165, 1.54) is 24.0 Å². The van der Waals surface area contributed by atoms with Gasteiger partial charge in [0.15, 0.2) is 0 Å². The molecule has 0 bridgehead atoms. The molecule has 0 heterocycles. The molecule has 0 saturated heterocycles. The number of methoxy groups -OCH3 is 1. The zero-order chi connectivity index (χ0) is 12.3. The maximum atomic E-state index is 5.40. The standard InChI is InChI=1S/C15H23NO/c1-15(2,17-3)11-16-10-13-6-4-5-7-14(13)12-8-9-12/h4-7,12,16H,8-11H2,1-3H3. The molecule has 0 spiro atoms. The summed E-state index contributed by atoms with van der Waals surface area (Å²) < 4.78 is 5.40. The lowest BCUT2D eigenvalue weighted by Crippen LogP contribution is -2.36. The molecule has 0 amide bonds. The summed E-state index contributed by atoms with van der Waals surface area (Å²) in [5, 5.41) is 3.49. The number of nitrogens with one attached hydrogen (secondary N) is 1. The quantitative estimate of drug-likeness (QED) is 0.815. The molecule has 94 valence electrons. The van der Waals surface area contributed by atoms with Gasteiger partial charge in [0, 0.05) is 20.2 Å². The average Bonchev–Trinajstić information content (AvgIpc) is 3.14. The van der Waals surface area contributed by atoms with Gasteiger partial charge in [-0.3, -0.25) is 0 Å². The van der Waals surface area contributed by atoms with Crippen LogP contribution in [0.15, 0.2) is 24.3 Å². The number of benzene rings is 1. The van der Waals surface area contributed by atoms with Gasteiger partial charge in [-0.15, -0.1) is 0 Å². The van der Waals surface area contributed by atoms with Crippen molar-refractivity contribution in [1.29, 1.82) is 0 Å². The molecule has 0 aromatic heterocycles. The summed E-state index contributed by atoms with van der Waals surface area (Å²) >= 11 is 0. The Kier molecular flexibility index (Phi) is 3.85. The van der Waals surface area contributed by atoms with Crippen LogP contribution in [-0.2, 0) is 11.3 Å². The van der Waals surface area contributed by atoms with Crippen LogP contribution in [0.1, 0.15) is 43.7 Å². The Morgan fingerprint density at radius 1 is 1.29 bits per heavy atom. The zero-order valence-electron chi connectivity index (χ0n) is 11.1. The van der Waals surface area contributed by atoms with Gasteiger partial charge < -0.3 is 10.1 Å². The summed E-state index contributed by atoms with van der Waals surface area (Å²) in [6.45, 7) is 6.03. The third-order valence-electron chi connectivity index (χ3n) is 3.49. The smallest absolute Gasteiger partial charge is 0.0746 e. The van der Waals surface area contributed by atoms with Crippen molar-refractivity contribution in [3.63, 3.8) is 0 Å². The first-order valence-corrected chi connectivity index (χ1v) is 6.46. The van der Waals surface area contributed by atoms with Gasteiger partial charge in [-0.2, -0.15) is 0 Å². The highest BCUT2D eigenvalue weighted by atomic mass is 16.5. The predicted molar refractivity (Wildman–Crippen MR) is 71.2 cm³/mol. The summed E-state index contributed by atoms with van der Waals surface area (Å²) in [5.74, 6) is 0.823. The molecular weight excluding hydrogens is 210 g/mol. The van der Waals surface area contributed by atoms with Crippen LogP contribution in [-0.4, -0.2) is 19.3 Å². The minimum absolute atomic E-state index is 0.0888. The molecule has 2 nitrogen and oxygen atoms in total. The third kappa shape index (κ3) is 3.55. The van der Waals surface area contributed by atoms with Crippen molar-refractivity contribution in [3.8, 4) is 0 Å². The van der Waals surface area contributed by atoms with Crippen LogP contribution in [0.4, 0.5) is 0 Å². The van der Waals surface area contributed by atoms with Crippen LogP contribution < -0.4 is 5.32 Å². The maximum Gasteiger partial charge on any atom is 0.0746 e. The Morgan fingerprint density at radius 2 is 2.00 bits per heavy atom. The van der Waals surface area contributed by atoms with E-state index in [1.807, 2.05) is 0 Å². The molecular formula is C15H23NO. The molecule has 0 aliphatic heterocycles. The maximum absolute atomic E-state index is 5.40. The van der Waals surface area contributed by atoms with Crippen molar-refractivity contribution in [2.24, 2.45) is 0 Å². The van der Waals surface area contributed by atoms with Crippen LogP contribution in [0, 0.1) is 0 Å². The largest absolute Gasteiger partial charge is 0.377 e. The molecule has 1 aliphatic rings. The molecule has 0 unspecified atom stereocenters. The third-order valence-corrected chi connectivity index (χ3v) is 3.49. The first-order valence-electron chi connectivity index (χ1n) is 6.46. The van der Waals surface area contributed by atoms with Crippen LogP contribution >= 0.6 is 0 Å². The molecule has 1 saturated carbocycles. The van der Waals surface area contributed by atoms with E-state index < -0.39 is 0 Å². The van der Waals surface area contributed by atoms with E-state index in [1.54, 1.807) is 7.11 Å². The van der Waals surface area contributed by atoms with E-state index in [0.717, 1.165) is 19.0 Å². The first-order chi connectivity index (χ1) is 8.12. The van der Waals surface area contributed by atoms with Gasteiger partial charge in [0.1, 0.15) is 0 Å². The number of hydrogen-bond donors (Lipinski definition) is 1. The van der Waals surface area contributed by atoms with E-state index in [4.69, 9.17) is 4.74 Å². The Balaban J connectivity index is 1.90. The van der Waals surface area contributed by atoms with Crippen molar-refractivity contribution in [3.05, 3.63) is 35.4 Å². The van der Waals surface area contributed by atoms with Crippen LogP contribution in [0.2, 0.25) is 0 Å². The fourth-order valence-corrected chi connectivity index (χ4v) is 2.06. The fourth-order valence-electron chi connectivity index (χ4n) is 2.06. The molecule has 1 aromatic rings. The normalized spacial score (nSPS) is 16.2. The molecule has 1 N–H and O–H groups in total. The SMILES string of the molecule is COC(C)(C)CNCc1ccccc1C1CC1. The molecule has 0 atom stereocenters. The molecule has 1 aliphatic carbocycles. The summed E-state index contributed by atoms with van der Waals surface area (Å²) in [6.07, 6.45) is 2.72. The highest BCUT2D eigenvalue weighted by molar-refractivity contribution is 5.33. The Labute approximate surface area is 104 Å². The molecule has 2 heteroatoms. The monoisotopic (exact) mass is 233 g/mol. The van der Waals surface area contributed by atoms with Gasteiger partial charge in [0.05, 0.1) is 5.60 Å². The topological polar surface area (TPSA) is 21.3 Å². The summed E-state index contributed by atoms with van der Waals surface area (Å²) in [4.78, 5) is 0. The Hall–Kier alpha value is -0.860. The number of ether oxygens (including phenoxy) is 1. The lowest BCUT2D eigenvalue weighted by atomic mass is 10.0. The van der Waals surface area contributed by atoms with Gasteiger partial charge in [-0.25, -0.2) is 0 Å². The summed E-state index contributed by atoms with van der Waals surface area (Å²) in [5.41, 5.74) is 2.89. The average molecular weight is 233 g/mol. The lowest BCUT2D eigenvalue weighted by molar-refractivity contribution is 0.0230. The molecule has 1 aromatic carbocycles. The van der Waals surface area contributed by atoms with Crippen molar-refractivity contribution in [2.45, 2.75) is 44.8 Å². The highest BCUT2D eigenvalue weighted by Crippen LogP contribution is 2.41. The molecule has 2 rings (SSSR count). The predicted octanol–water partition coefficient (Wildman–Crippen LogP) is 3.08. The molecule has 1 fully saturated rings. The van der Waals surface area contributed by atoms with E-state index in [2.05, 4.69) is 43.4 Å². The Morgan fingerprint density at radius 3 is 2.65 bits per heavy atom. The number of hydrogen-bond acceptors (Lipinski definition) is 2. The van der Waals surface area contributed by atoms with E-state index in [9.17, 15) is 0 Å². The van der Waals surface area contributed by atoms with E-state index in [-0.39, 0.29) is 5.60 Å². The van der Waals surface area contributed by atoms with E-state index in [0.29, 0.717) is 0 Å². The molecule has 17 heavy (non-hydrogen) atoms. The minimum Gasteiger partial charge on any atom is -0.377 e. The lowest BCUT2D eigenvalue weighted by Gasteiger charge is -2.23. The Bertz CT molecular complexity index is 369. The van der Waals surface area contributed by atoms with Gasteiger partial charge in [0.25, 0.3) is 0 Å². The van der Waals surface area contributed by atoms with Crippen LogP contribution in [0.25, 0.3) is 0 Å². The van der Waals surface area contributed by atoms with Crippen molar-refractivity contribution >= 4 is 0 Å². The summed E-state index contributed by atoms with van der Waals surface area (Å²) in [7, 11) is 1.76. The highest BCUT2D eigenvalue weighted by Gasteiger charge is 2.25.